The maximum atomic E-state index is 14.2. The summed E-state index contributed by atoms with van der Waals surface area (Å²) in [5.41, 5.74) is 2.95. The van der Waals surface area contributed by atoms with Crippen LogP contribution in [0.1, 0.15) is 41.1 Å². The summed E-state index contributed by atoms with van der Waals surface area (Å²) in [5, 5.41) is 8.34. The SMILES string of the molecule is O=C1C[C@H](c2ccccc2Oc2cccc(Cl)c2)[C@H](n2cncn2)C(=O)[C@H]1[C@@H]1NCCc2ccccc21. The van der Waals surface area contributed by atoms with E-state index in [0.717, 1.165) is 17.5 Å². The van der Waals surface area contributed by atoms with Crippen molar-refractivity contribution in [1.29, 1.82) is 0 Å². The normalized spacial score (nSPS) is 23.5. The molecule has 186 valence electrons. The number of para-hydroxylation sites is 1. The number of fused-ring (bicyclic) bond motifs is 1. The molecule has 8 heteroatoms. The van der Waals surface area contributed by atoms with Crippen LogP contribution in [0.4, 0.5) is 0 Å². The molecule has 0 amide bonds. The molecule has 1 saturated carbocycles. The largest absolute Gasteiger partial charge is 0.457 e. The van der Waals surface area contributed by atoms with Crippen molar-refractivity contribution in [1.82, 2.24) is 20.1 Å². The number of ether oxygens (including phenoxy) is 1. The quantitative estimate of drug-likeness (QED) is 0.375. The minimum Gasteiger partial charge on any atom is -0.457 e. The molecular weight excluding hydrogens is 488 g/mol. The second kappa shape index (κ2) is 9.92. The number of ketones is 2. The molecule has 1 aromatic heterocycles. The maximum Gasteiger partial charge on any atom is 0.170 e. The summed E-state index contributed by atoms with van der Waals surface area (Å²) in [6.07, 6.45) is 4.01. The van der Waals surface area contributed by atoms with Crippen molar-refractivity contribution in [2.75, 3.05) is 6.54 Å². The van der Waals surface area contributed by atoms with Gasteiger partial charge >= 0.3 is 0 Å². The molecule has 0 bridgehead atoms. The van der Waals surface area contributed by atoms with Crippen molar-refractivity contribution >= 4 is 23.2 Å². The number of hydrogen-bond acceptors (Lipinski definition) is 6. The molecule has 0 radical (unpaired) electrons. The molecule has 0 spiro atoms. The third kappa shape index (κ3) is 4.45. The second-order valence-corrected chi connectivity index (χ2v) is 9.89. The van der Waals surface area contributed by atoms with Gasteiger partial charge in [-0.25, -0.2) is 9.67 Å². The van der Waals surface area contributed by atoms with Crippen molar-refractivity contribution in [3.05, 3.63) is 107 Å². The molecule has 0 saturated heterocycles. The zero-order valence-electron chi connectivity index (χ0n) is 20.0. The molecule has 7 nitrogen and oxygen atoms in total. The molecule has 3 aromatic carbocycles. The zero-order chi connectivity index (χ0) is 25.4. The minimum absolute atomic E-state index is 0.0851. The molecule has 6 rings (SSSR count). The number of carbonyl (C=O) groups excluding carboxylic acids is 2. The Kier molecular flexibility index (Phi) is 6.32. The average Bonchev–Trinajstić information content (AvgIpc) is 3.43. The fourth-order valence-electron chi connectivity index (χ4n) is 5.67. The lowest BCUT2D eigenvalue weighted by atomic mass is 9.69. The number of rotatable bonds is 5. The molecule has 4 aromatic rings. The number of aromatic nitrogens is 3. The molecule has 1 aliphatic heterocycles. The van der Waals surface area contributed by atoms with Gasteiger partial charge in [0, 0.05) is 29.0 Å². The molecule has 1 fully saturated rings. The number of nitrogens with one attached hydrogen (secondary N) is 1. The third-order valence-corrected chi connectivity index (χ3v) is 7.53. The first kappa shape index (κ1) is 23.6. The molecule has 2 aliphatic rings. The molecule has 1 aliphatic carbocycles. The first-order valence-electron chi connectivity index (χ1n) is 12.3. The van der Waals surface area contributed by atoms with E-state index in [2.05, 4.69) is 21.5 Å². The van der Waals surface area contributed by atoms with Crippen LogP contribution < -0.4 is 10.1 Å². The smallest absolute Gasteiger partial charge is 0.170 e. The van der Waals surface area contributed by atoms with Gasteiger partial charge in [0.05, 0.1) is 5.92 Å². The molecule has 0 unspecified atom stereocenters. The Balaban J connectivity index is 1.40. The number of nitrogens with zero attached hydrogens (tertiary/aromatic N) is 3. The zero-order valence-corrected chi connectivity index (χ0v) is 20.7. The van der Waals surface area contributed by atoms with E-state index in [1.54, 1.807) is 23.1 Å². The average molecular weight is 513 g/mol. The van der Waals surface area contributed by atoms with Crippen LogP contribution in [0.3, 0.4) is 0 Å². The summed E-state index contributed by atoms with van der Waals surface area (Å²) in [4.78, 5) is 32.1. The molecule has 2 heterocycles. The number of Topliss-reactive ketones (excluding diaryl/α,β-unsaturated/α-hetero) is 2. The summed E-state index contributed by atoms with van der Waals surface area (Å²) >= 11 is 6.16. The van der Waals surface area contributed by atoms with Gasteiger partial charge < -0.3 is 10.1 Å². The van der Waals surface area contributed by atoms with Crippen molar-refractivity contribution < 1.29 is 14.3 Å². The van der Waals surface area contributed by atoms with Crippen molar-refractivity contribution in [3.8, 4) is 11.5 Å². The highest BCUT2D eigenvalue weighted by molar-refractivity contribution is 6.30. The first-order valence-corrected chi connectivity index (χ1v) is 12.7. The van der Waals surface area contributed by atoms with Crippen LogP contribution in [-0.2, 0) is 16.0 Å². The lowest BCUT2D eigenvalue weighted by molar-refractivity contribution is -0.141. The first-order chi connectivity index (χ1) is 18.1. The van der Waals surface area contributed by atoms with Gasteiger partial charge in [-0.05, 0) is 48.4 Å². The van der Waals surface area contributed by atoms with Gasteiger partial charge in [0.15, 0.2) is 5.78 Å². The standard InChI is InChI=1S/C29H25ClN4O3/c30-19-7-5-8-20(14-19)37-25-11-4-3-10-22(25)23-15-24(35)26(29(36)28(23)34-17-31-16-33-34)27-21-9-2-1-6-18(21)12-13-32-27/h1-11,14,16-17,23,26-28,32H,12-13,15H2/t23-,26-,27-,28+/m1/s1. The number of hydrogen-bond donors (Lipinski definition) is 1. The van der Waals surface area contributed by atoms with Crippen LogP contribution >= 0.6 is 11.6 Å². The van der Waals surface area contributed by atoms with Crippen LogP contribution in [0.15, 0.2) is 85.5 Å². The Labute approximate surface area is 219 Å². The van der Waals surface area contributed by atoms with E-state index >= 15 is 0 Å². The van der Waals surface area contributed by atoms with Gasteiger partial charge in [-0.15, -0.1) is 0 Å². The lowest BCUT2D eigenvalue weighted by Crippen LogP contribution is -2.49. The van der Waals surface area contributed by atoms with E-state index in [-0.39, 0.29) is 24.0 Å². The van der Waals surface area contributed by atoms with Gasteiger partial charge in [0.1, 0.15) is 36.0 Å². The molecule has 37 heavy (non-hydrogen) atoms. The molecular formula is C29H25ClN4O3. The number of benzene rings is 3. The number of carbonyl (C=O) groups is 2. The van der Waals surface area contributed by atoms with Gasteiger partial charge in [0.2, 0.25) is 0 Å². The lowest BCUT2D eigenvalue weighted by Gasteiger charge is -2.39. The highest BCUT2D eigenvalue weighted by atomic mass is 35.5. The Bertz CT molecular complexity index is 1460. The van der Waals surface area contributed by atoms with Crippen LogP contribution in [0.25, 0.3) is 0 Å². The van der Waals surface area contributed by atoms with Crippen molar-refractivity contribution in [3.63, 3.8) is 0 Å². The Hall–Kier alpha value is -3.81. The predicted octanol–water partition coefficient (Wildman–Crippen LogP) is 5.09. The fraction of sp³-hybridized carbons (Fsp3) is 0.241. The van der Waals surface area contributed by atoms with Crippen LogP contribution in [0.2, 0.25) is 5.02 Å². The van der Waals surface area contributed by atoms with E-state index in [1.165, 1.54) is 11.9 Å². The van der Waals surface area contributed by atoms with Crippen LogP contribution in [-0.4, -0.2) is 32.9 Å². The monoisotopic (exact) mass is 512 g/mol. The Morgan fingerprint density at radius 1 is 0.973 bits per heavy atom. The van der Waals surface area contributed by atoms with E-state index in [9.17, 15) is 9.59 Å². The summed E-state index contributed by atoms with van der Waals surface area (Å²) in [7, 11) is 0. The topological polar surface area (TPSA) is 86.1 Å². The van der Waals surface area contributed by atoms with E-state index in [4.69, 9.17) is 16.3 Å². The highest BCUT2D eigenvalue weighted by Gasteiger charge is 2.49. The van der Waals surface area contributed by atoms with Gasteiger partial charge in [-0.3, -0.25) is 9.59 Å². The minimum atomic E-state index is -0.812. The van der Waals surface area contributed by atoms with Gasteiger partial charge in [0.25, 0.3) is 0 Å². The second-order valence-electron chi connectivity index (χ2n) is 9.46. The van der Waals surface area contributed by atoms with Crippen molar-refractivity contribution in [2.24, 2.45) is 5.92 Å². The Morgan fingerprint density at radius 3 is 2.59 bits per heavy atom. The highest BCUT2D eigenvalue weighted by Crippen LogP contribution is 2.46. The third-order valence-electron chi connectivity index (χ3n) is 7.29. The Morgan fingerprint density at radius 2 is 1.78 bits per heavy atom. The predicted molar refractivity (Wildman–Crippen MR) is 139 cm³/mol. The van der Waals surface area contributed by atoms with Gasteiger partial charge in [-0.2, -0.15) is 5.10 Å². The summed E-state index contributed by atoms with van der Waals surface area (Å²) in [6.45, 7) is 0.715. The van der Waals surface area contributed by atoms with Crippen LogP contribution in [0, 0.1) is 5.92 Å². The molecule has 4 atom stereocenters. The summed E-state index contributed by atoms with van der Waals surface area (Å²) < 4.78 is 7.79. The molecule has 1 N–H and O–H groups in total. The van der Waals surface area contributed by atoms with E-state index < -0.39 is 17.9 Å². The fourth-order valence-corrected chi connectivity index (χ4v) is 5.85. The van der Waals surface area contributed by atoms with E-state index in [0.29, 0.717) is 23.1 Å². The maximum absolute atomic E-state index is 14.2. The van der Waals surface area contributed by atoms with Crippen LogP contribution in [0.5, 0.6) is 11.5 Å². The summed E-state index contributed by atoms with van der Waals surface area (Å²) in [6, 6.07) is 21.6. The van der Waals surface area contributed by atoms with Gasteiger partial charge in [-0.1, -0.05) is 60.1 Å². The number of halogens is 1. The van der Waals surface area contributed by atoms with E-state index in [1.807, 2.05) is 54.6 Å². The van der Waals surface area contributed by atoms with Crippen molar-refractivity contribution in [2.45, 2.75) is 30.8 Å². The summed E-state index contributed by atoms with van der Waals surface area (Å²) in [5.74, 6) is -0.386.